The number of aryl methyl sites for hydroxylation is 1. The highest BCUT2D eigenvalue weighted by atomic mass is 16.5. The number of nitrogens with one attached hydrogen (secondary N) is 2. The molecule has 1 atom stereocenters. The Bertz CT molecular complexity index is 1210. The molecule has 4 aromatic rings. The van der Waals surface area contributed by atoms with Crippen molar-refractivity contribution in [2.24, 2.45) is 5.92 Å². The van der Waals surface area contributed by atoms with E-state index in [1.165, 1.54) is 10.9 Å². The van der Waals surface area contributed by atoms with E-state index in [2.05, 4.69) is 79.7 Å². The summed E-state index contributed by atoms with van der Waals surface area (Å²) in [4.78, 5) is 16.3. The van der Waals surface area contributed by atoms with Crippen molar-refractivity contribution in [2.75, 3.05) is 6.54 Å². The van der Waals surface area contributed by atoms with Crippen LogP contribution < -0.4 is 10.1 Å². The van der Waals surface area contributed by atoms with Crippen molar-refractivity contribution in [1.82, 2.24) is 10.3 Å². The lowest BCUT2D eigenvalue weighted by atomic mass is 9.87. The number of H-pyrrole nitrogens is 1. The number of hydrogen-bond donors (Lipinski definition) is 2. The maximum absolute atomic E-state index is 12.9. The van der Waals surface area contributed by atoms with Crippen LogP contribution in [0.4, 0.5) is 0 Å². The first-order valence-corrected chi connectivity index (χ1v) is 12.2. The Hall–Kier alpha value is -3.53. The summed E-state index contributed by atoms with van der Waals surface area (Å²) in [7, 11) is 0. The molecule has 1 aromatic heterocycles. The number of ether oxygens (including phenoxy) is 1. The van der Waals surface area contributed by atoms with E-state index >= 15 is 0 Å². The van der Waals surface area contributed by atoms with Crippen molar-refractivity contribution < 1.29 is 9.53 Å². The lowest BCUT2D eigenvalue weighted by Gasteiger charge is -2.18. The molecule has 0 radical (unpaired) electrons. The summed E-state index contributed by atoms with van der Waals surface area (Å²) in [6, 6.07) is 24.7. The number of aromatic amines is 1. The van der Waals surface area contributed by atoms with Crippen LogP contribution in [0.3, 0.4) is 0 Å². The van der Waals surface area contributed by atoms with E-state index in [1.807, 2.05) is 30.3 Å². The van der Waals surface area contributed by atoms with Gasteiger partial charge in [0.2, 0.25) is 5.91 Å². The Morgan fingerprint density at radius 1 is 0.971 bits per heavy atom. The van der Waals surface area contributed by atoms with Gasteiger partial charge in [-0.15, -0.1) is 0 Å². The number of rotatable bonds is 10. The number of fused-ring (bicyclic) bond motifs is 1. The van der Waals surface area contributed by atoms with Gasteiger partial charge in [-0.1, -0.05) is 81.4 Å². The smallest absolute Gasteiger partial charge is 0.220 e. The van der Waals surface area contributed by atoms with Crippen molar-refractivity contribution >= 4 is 16.8 Å². The van der Waals surface area contributed by atoms with Gasteiger partial charge >= 0.3 is 0 Å². The summed E-state index contributed by atoms with van der Waals surface area (Å²) >= 11 is 0. The van der Waals surface area contributed by atoms with Crippen LogP contribution >= 0.6 is 0 Å². The van der Waals surface area contributed by atoms with E-state index in [1.54, 1.807) is 0 Å². The molecule has 4 nitrogen and oxygen atoms in total. The summed E-state index contributed by atoms with van der Waals surface area (Å²) < 4.78 is 5.98. The number of carbonyl (C=O) groups excluding carboxylic acids is 1. The zero-order chi connectivity index (χ0) is 23.9. The minimum atomic E-state index is -0.0452. The van der Waals surface area contributed by atoms with Gasteiger partial charge in [0, 0.05) is 36.0 Å². The highest BCUT2D eigenvalue weighted by molar-refractivity contribution is 5.88. The number of carbonyl (C=O) groups is 1. The van der Waals surface area contributed by atoms with Crippen LogP contribution in [0, 0.1) is 5.92 Å². The van der Waals surface area contributed by atoms with E-state index < -0.39 is 0 Å². The molecule has 0 saturated carbocycles. The lowest BCUT2D eigenvalue weighted by Crippen LogP contribution is -2.28. The second-order valence-corrected chi connectivity index (χ2v) is 9.24. The molecule has 0 aliphatic heterocycles. The first kappa shape index (κ1) is 23.6. The molecular formula is C30H34N2O2. The fourth-order valence-electron chi connectivity index (χ4n) is 4.34. The van der Waals surface area contributed by atoms with E-state index in [0.717, 1.165) is 34.4 Å². The molecule has 3 aromatic carbocycles. The van der Waals surface area contributed by atoms with E-state index in [0.29, 0.717) is 25.5 Å². The van der Waals surface area contributed by atoms with Gasteiger partial charge in [0.15, 0.2) is 0 Å². The Morgan fingerprint density at radius 2 is 1.74 bits per heavy atom. The predicted octanol–water partition coefficient (Wildman–Crippen LogP) is 6.60. The largest absolute Gasteiger partial charge is 0.489 e. The molecule has 1 heterocycles. The van der Waals surface area contributed by atoms with Crippen molar-refractivity contribution in [3.8, 4) is 5.75 Å². The minimum absolute atomic E-state index is 0.0452. The van der Waals surface area contributed by atoms with Gasteiger partial charge in [-0.05, 0) is 46.7 Å². The number of aromatic nitrogens is 1. The standard InChI is InChI=1S/C30H34N2O2/c1-4-23-11-8-12-26-28(19-32-30(23)26)27(17-29(33)31-18-21(2)3)24-13-15-25(16-14-24)34-20-22-9-6-5-7-10-22/h5-16,19,21,27,32H,4,17-18,20H2,1-3H3,(H,31,33)/t27-/m0/s1. The van der Waals surface area contributed by atoms with Gasteiger partial charge in [0.25, 0.3) is 0 Å². The molecule has 0 saturated heterocycles. The highest BCUT2D eigenvalue weighted by Crippen LogP contribution is 2.35. The second-order valence-electron chi connectivity index (χ2n) is 9.24. The van der Waals surface area contributed by atoms with E-state index in [-0.39, 0.29) is 11.8 Å². The molecule has 2 N–H and O–H groups in total. The quantitative estimate of drug-likeness (QED) is 0.283. The number of benzene rings is 3. The Labute approximate surface area is 202 Å². The van der Waals surface area contributed by atoms with Crippen molar-refractivity contribution in [3.05, 3.63) is 101 Å². The van der Waals surface area contributed by atoms with Crippen LogP contribution in [0.25, 0.3) is 10.9 Å². The number of hydrogen-bond acceptors (Lipinski definition) is 2. The van der Waals surface area contributed by atoms with E-state index in [4.69, 9.17) is 4.74 Å². The fourth-order valence-corrected chi connectivity index (χ4v) is 4.34. The number of amides is 1. The average molecular weight is 455 g/mol. The Kier molecular flexibility index (Phi) is 7.69. The zero-order valence-corrected chi connectivity index (χ0v) is 20.3. The van der Waals surface area contributed by atoms with Crippen molar-refractivity contribution in [1.29, 1.82) is 0 Å². The van der Waals surface area contributed by atoms with Crippen LogP contribution in [0.5, 0.6) is 5.75 Å². The molecule has 0 aliphatic rings. The van der Waals surface area contributed by atoms with Gasteiger partial charge in [-0.25, -0.2) is 0 Å². The van der Waals surface area contributed by atoms with Crippen LogP contribution in [0.2, 0.25) is 0 Å². The van der Waals surface area contributed by atoms with Gasteiger partial charge < -0.3 is 15.0 Å². The first-order chi connectivity index (χ1) is 16.5. The highest BCUT2D eigenvalue weighted by Gasteiger charge is 2.22. The SMILES string of the molecule is CCc1cccc2c([C@@H](CC(=O)NCC(C)C)c3ccc(OCc4ccccc4)cc3)c[nH]c12. The second kappa shape index (κ2) is 11.1. The summed E-state index contributed by atoms with van der Waals surface area (Å²) in [5.41, 5.74) is 5.85. The molecule has 4 rings (SSSR count). The van der Waals surface area contributed by atoms with Crippen LogP contribution in [-0.4, -0.2) is 17.4 Å². The Morgan fingerprint density at radius 3 is 2.44 bits per heavy atom. The van der Waals surface area contributed by atoms with E-state index in [9.17, 15) is 4.79 Å². The fraction of sp³-hybridized carbons (Fsp3) is 0.300. The zero-order valence-electron chi connectivity index (χ0n) is 20.3. The molecule has 0 spiro atoms. The third-order valence-electron chi connectivity index (χ3n) is 6.22. The van der Waals surface area contributed by atoms with Crippen LogP contribution in [0.1, 0.15) is 55.4 Å². The summed E-state index contributed by atoms with van der Waals surface area (Å²) in [5, 5.41) is 4.28. The third kappa shape index (κ3) is 5.69. The van der Waals surface area contributed by atoms with Crippen molar-refractivity contribution in [2.45, 2.75) is 46.1 Å². The number of para-hydroxylation sites is 1. The van der Waals surface area contributed by atoms with Gasteiger partial charge in [-0.2, -0.15) is 0 Å². The molecule has 176 valence electrons. The van der Waals surface area contributed by atoms with Crippen molar-refractivity contribution in [3.63, 3.8) is 0 Å². The predicted molar refractivity (Wildman–Crippen MR) is 139 cm³/mol. The summed E-state index contributed by atoms with van der Waals surface area (Å²) in [5.74, 6) is 1.27. The molecule has 0 unspecified atom stereocenters. The summed E-state index contributed by atoms with van der Waals surface area (Å²) in [6.07, 6.45) is 3.44. The Balaban J connectivity index is 1.60. The van der Waals surface area contributed by atoms with Gasteiger partial charge in [-0.3, -0.25) is 4.79 Å². The maximum Gasteiger partial charge on any atom is 0.220 e. The van der Waals surface area contributed by atoms with Gasteiger partial charge in [0.05, 0.1) is 0 Å². The molecule has 0 fully saturated rings. The molecule has 1 amide bonds. The van der Waals surface area contributed by atoms with Crippen LogP contribution in [0.15, 0.2) is 79.0 Å². The maximum atomic E-state index is 12.9. The minimum Gasteiger partial charge on any atom is -0.489 e. The monoisotopic (exact) mass is 454 g/mol. The molecule has 0 bridgehead atoms. The summed E-state index contributed by atoms with van der Waals surface area (Å²) in [6.45, 7) is 7.60. The normalized spacial score (nSPS) is 12.1. The van der Waals surface area contributed by atoms with Gasteiger partial charge in [0.1, 0.15) is 12.4 Å². The average Bonchev–Trinajstić information content (AvgIpc) is 3.30. The topological polar surface area (TPSA) is 54.1 Å². The first-order valence-electron chi connectivity index (χ1n) is 12.2. The molecular weight excluding hydrogens is 420 g/mol. The lowest BCUT2D eigenvalue weighted by molar-refractivity contribution is -0.121. The molecule has 0 aliphatic carbocycles. The molecule has 4 heteroatoms. The van der Waals surface area contributed by atoms with Crippen LogP contribution in [-0.2, 0) is 17.8 Å². The molecule has 34 heavy (non-hydrogen) atoms. The third-order valence-corrected chi connectivity index (χ3v) is 6.22.